The molecule has 0 saturated carbocycles. The highest BCUT2D eigenvalue weighted by molar-refractivity contribution is 7.14. The summed E-state index contributed by atoms with van der Waals surface area (Å²) in [6.07, 6.45) is 2.33. The van der Waals surface area contributed by atoms with Crippen molar-refractivity contribution in [2.75, 3.05) is 37.6 Å². The Bertz CT molecular complexity index is 2390. The molecule has 3 saturated heterocycles. The summed E-state index contributed by atoms with van der Waals surface area (Å²) in [7, 11) is 0. The number of amides is 5. The van der Waals surface area contributed by atoms with E-state index in [9.17, 15) is 24.0 Å². The van der Waals surface area contributed by atoms with Crippen LogP contribution in [0, 0.1) is 26.7 Å². The number of nitrogens with zero attached hydrogens (tertiary/aromatic N) is 7. The molecular weight excluding hydrogens is 802 g/mol. The molecule has 2 aromatic heterocycles. The molecule has 16 heteroatoms. The molecule has 60 heavy (non-hydrogen) atoms. The molecular formula is C44H50ClN9O5S. The Kier molecular flexibility index (Phi) is 10.7. The first-order valence-corrected chi connectivity index (χ1v) is 22.1. The van der Waals surface area contributed by atoms with Gasteiger partial charge in [0.2, 0.25) is 17.7 Å². The predicted molar refractivity (Wildman–Crippen MR) is 227 cm³/mol. The number of anilines is 1. The average molecular weight is 852 g/mol. The van der Waals surface area contributed by atoms with Crippen molar-refractivity contribution in [1.82, 2.24) is 40.1 Å². The summed E-state index contributed by atoms with van der Waals surface area (Å²) in [5.74, 6) is 0.104. The van der Waals surface area contributed by atoms with E-state index in [2.05, 4.69) is 75.0 Å². The van der Waals surface area contributed by atoms with E-state index in [0.717, 1.165) is 65.3 Å². The lowest BCUT2D eigenvalue weighted by molar-refractivity contribution is -0.136. The summed E-state index contributed by atoms with van der Waals surface area (Å²) in [6, 6.07) is 12.2. The minimum absolute atomic E-state index is 0.0827. The molecule has 4 unspecified atom stereocenters. The van der Waals surface area contributed by atoms with Gasteiger partial charge in [0, 0.05) is 78.8 Å². The molecule has 0 radical (unpaired) electrons. The number of fused-ring (bicyclic) bond motifs is 4. The smallest absolute Gasteiger partial charge is 0.262 e. The van der Waals surface area contributed by atoms with Gasteiger partial charge in [0.25, 0.3) is 11.8 Å². The summed E-state index contributed by atoms with van der Waals surface area (Å²) >= 11 is 8.04. The first-order chi connectivity index (χ1) is 28.8. The number of carbonyl (C=O) groups excluding carboxylic acids is 5. The number of hydrogen-bond donors (Lipinski definition) is 2. The zero-order valence-electron chi connectivity index (χ0n) is 34.5. The van der Waals surface area contributed by atoms with Crippen molar-refractivity contribution in [3.63, 3.8) is 0 Å². The average Bonchev–Trinajstić information content (AvgIpc) is 3.80. The molecule has 5 aliphatic rings. The van der Waals surface area contributed by atoms with Crippen LogP contribution in [0.15, 0.2) is 42.5 Å². The molecule has 0 bridgehead atoms. The second-order valence-electron chi connectivity index (χ2n) is 17.2. The van der Waals surface area contributed by atoms with E-state index < -0.39 is 29.7 Å². The number of nitrogens with one attached hydrogen (secondary N) is 2. The van der Waals surface area contributed by atoms with E-state index >= 15 is 0 Å². The van der Waals surface area contributed by atoms with Gasteiger partial charge >= 0.3 is 0 Å². The SMILES string of the molecule is Cc1sc2c(c1C)[C@H](c1ccc(Cl)cc1)NC(CC(=O)N1CCC(CN3C(C)CN(c4ccc5c(c4)C(=O)N(C4CCC(=O)NC4=O)C5=O)CC3C)CC1)c1nnc(C)n1-2. The van der Waals surface area contributed by atoms with Gasteiger partial charge in [0.1, 0.15) is 16.9 Å². The summed E-state index contributed by atoms with van der Waals surface area (Å²) in [6.45, 7) is 14.6. The summed E-state index contributed by atoms with van der Waals surface area (Å²) in [5.41, 5.74) is 4.92. The lowest BCUT2D eigenvalue weighted by Crippen LogP contribution is -2.58. The minimum Gasteiger partial charge on any atom is -0.368 e. The van der Waals surface area contributed by atoms with Crippen LogP contribution in [0.5, 0.6) is 0 Å². The van der Waals surface area contributed by atoms with Crippen LogP contribution in [0.25, 0.3) is 5.00 Å². The van der Waals surface area contributed by atoms with Crippen molar-refractivity contribution in [2.24, 2.45) is 5.92 Å². The Hall–Kier alpha value is -4.96. The van der Waals surface area contributed by atoms with E-state index in [4.69, 9.17) is 11.6 Å². The fourth-order valence-electron chi connectivity index (χ4n) is 9.97. The topological polar surface area (TPSA) is 153 Å². The second kappa shape index (κ2) is 15.8. The Labute approximate surface area is 358 Å². The molecule has 4 aromatic rings. The molecule has 5 aliphatic heterocycles. The zero-order chi connectivity index (χ0) is 42.1. The van der Waals surface area contributed by atoms with E-state index in [1.807, 2.05) is 30.0 Å². The third-order valence-corrected chi connectivity index (χ3v) is 14.8. The summed E-state index contributed by atoms with van der Waals surface area (Å²) in [4.78, 5) is 74.3. The maximum Gasteiger partial charge on any atom is 0.262 e. The number of hydrogen-bond acceptors (Lipinski definition) is 11. The first kappa shape index (κ1) is 40.4. The van der Waals surface area contributed by atoms with Crippen LogP contribution >= 0.6 is 22.9 Å². The molecule has 314 valence electrons. The van der Waals surface area contributed by atoms with Gasteiger partial charge in [-0.25, -0.2) is 0 Å². The van der Waals surface area contributed by atoms with Gasteiger partial charge < -0.3 is 9.80 Å². The maximum absolute atomic E-state index is 14.1. The highest BCUT2D eigenvalue weighted by atomic mass is 35.5. The number of aromatic nitrogens is 3. The quantitative estimate of drug-likeness (QED) is 0.235. The minimum atomic E-state index is -0.990. The number of benzene rings is 2. The van der Waals surface area contributed by atoms with Gasteiger partial charge in [-0.3, -0.25) is 49.0 Å². The number of thiophene rings is 1. The second-order valence-corrected chi connectivity index (χ2v) is 18.8. The third-order valence-electron chi connectivity index (χ3n) is 13.3. The van der Waals surface area contributed by atoms with Crippen molar-refractivity contribution in [2.45, 2.75) is 96.9 Å². The number of aryl methyl sites for hydroxylation is 2. The Morgan fingerprint density at radius 3 is 2.30 bits per heavy atom. The highest BCUT2D eigenvalue weighted by Gasteiger charge is 2.45. The molecule has 0 spiro atoms. The van der Waals surface area contributed by atoms with E-state index in [1.54, 1.807) is 23.5 Å². The van der Waals surface area contributed by atoms with Crippen LogP contribution in [-0.4, -0.2) is 110 Å². The predicted octanol–water partition coefficient (Wildman–Crippen LogP) is 5.27. The number of piperazine rings is 1. The molecule has 2 N–H and O–H groups in total. The largest absolute Gasteiger partial charge is 0.368 e. The van der Waals surface area contributed by atoms with Crippen molar-refractivity contribution in [3.8, 4) is 5.00 Å². The molecule has 5 amide bonds. The van der Waals surface area contributed by atoms with Gasteiger partial charge in [-0.05, 0) is 101 Å². The normalized spacial score (nSPS) is 25.0. The number of rotatable bonds is 7. The molecule has 9 rings (SSSR count). The number of likely N-dealkylation sites (tertiary alicyclic amines) is 1. The lowest BCUT2D eigenvalue weighted by atomic mass is 9.93. The van der Waals surface area contributed by atoms with Crippen molar-refractivity contribution >= 4 is 58.2 Å². The maximum atomic E-state index is 14.1. The number of imide groups is 2. The number of piperidine rings is 2. The molecule has 2 aromatic carbocycles. The first-order valence-electron chi connectivity index (χ1n) is 20.9. The van der Waals surface area contributed by atoms with Gasteiger partial charge in [0.05, 0.1) is 23.2 Å². The van der Waals surface area contributed by atoms with Crippen molar-refractivity contribution < 1.29 is 24.0 Å². The Morgan fingerprint density at radius 1 is 0.900 bits per heavy atom. The van der Waals surface area contributed by atoms with Gasteiger partial charge in [-0.2, -0.15) is 0 Å². The lowest BCUT2D eigenvalue weighted by Gasteiger charge is -2.47. The van der Waals surface area contributed by atoms with Gasteiger partial charge in [0.15, 0.2) is 5.82 Å². The van der Waals surface area contributed by atoms with Crippen LogP contribution in [0.3, 0.4) is 0 Å². The summed E-state index contributed by atoms with van der Waals surface area (Å²) < 4.78 is 2.14. The highest BCUT2D eigenvalue weighted by Crippen LogP contribution is 2.43. The van der Waals surface area contributed by atoms with E-state index in [0.29, 0.717) is 29.6 Å². The van der Waals surface area contributed by atoms with E-state index in [1.165, 1.54) is 16.0 Å². The molecule has 14 nitrogen and oxygen atoms in total. The molecule has 5 atom stereocenters. The van der Waals surface area contributed by atoms with Crippen LogP contribution in [0.1, 0.15) is 112 Å². The monoisotopic (exact) mass is 851 g/mol. The van der Waals surface area contributed by atoms with Crippen LogP contribution in [-0.2, 0) is 14.4 Å². The Balaban J connectivity index is 0.828. The summed E-state index contributed by atoms with van der Waals surface area (Å²) in [5, 5.41) is 17.0. The van der Waals surface area contributed by atoms with Crippen LogP contribution in [0.2, 0.25) is 5.02 Å². The van der Waals surface area contributed by atoms with Crippen LogP contribution < -0.4 is 15.5 Å². The van der Waals surface area contributed by atoms with Crippen molar-refractivity contribution in [1.29, 1.82) is 0 Å². The number of halogens is 1. The number of carbonyl (C=O) groups is 5. The Morgan fingerprint density at radius 2 is 1.60 bits per heavy atom. The van der Waals surface area contributed by atoms with Crippen molar-refractivity contribution in [3.05, 3.63) is 91.8 Å². The molecule has 0 aliphatic carbocycles. The zero-order valence-corrected chi connectivity index (χ0v) is 36.1. The molecule has 3 fully saturated rings. The molecule has 7 heterocycles. The van der Waals surface area contributed by atoms with Gasteiger partial charge in [-0.1, -0.05) is 23.7 Å². The third kappa shape index (κ3) is 7.12. The van der Waals surface area contributed by atoms with Gasteiger partial charge in [-0.15, -0.1) is 21.5 Å². The fraction of sp³-hybridized carbons (Fsp3) is 0.477. The van der Waals surface area contributed by atoms with E-state index in [-0.39, 0.29) is 54.9 Å². The van der Waals surface area contributed by atoms with Crippen LogP contribution in [0.4, 0.5) is 5.69 Å². The standard InChI is InChI=1S/C44H50ClN9O5S/c1-23-20-51(31-10-11-32-33(18-31)43(59)54(42(32)58)35-12-13-36(55)47-41(35)57)21-24(2)52(23)22-28-14-16-50(17-15-28)37(56)19-34-40-49-48-27(5)53(40)44-38(25(3)26(4)60-44)39(46-34)29-6-8-30(45)9-7-29/h6-11,18,23-24,28,34-35,39,46H,12-17,19-22H2,1-5H3,(H,47,55,57)/t23?,24?,34?,35?,39-/m0/s1. The fourth-order valence-corrected chi connectivity index (χ4v) is 11.3.